The Morgan fingerprint density at radius 1 is 1.36 bits per heavy atom. The van der Waals surface area contributed by atoms with Crippen LogP contribution in [0.3, 0.4) is 0 Å². The van der Waals surface area contributed by atoms with Crippen LogP contribution in [0.4, 0.5) is 8.78 Å². The maximum atomic E-state index is 13.7. The molecule has 22 heavy (non-hydrogen) atoms. The van der Waals surface area contributed by atoms with E-state index in [1.54, 1.807) is 4.90 Å². The van der Waals surface area contributed by atoms with E-state index in [1.165, 1.54) is 0 Å². The van der Waals surface area contributed by atoms with Gasteiger partial charge < -0.3 is 14.5 Å². The van der Waals surface area contributed by atoms with Gasteiger partial charge in [0, 0.05) is 38.2 Å². The Hall–Kier alpha value is -1.60. The maximum Gasteiger partial charge on any atom is 0.257 e. The minimum absolute atomic E-state index is 0.0441. The number of likely N-dealkylation sites (tertiary alicyclic amines) is 1. The molecule has 2 atom stereocenters. The van der Waals surface area contributed by atoms with Gasteiger partial charge in [0.15, 0.2) is 5.82 Å². The molecule has 5 nitrogen and oxygen atoms in total. The van der Waals surface area contributed by atoms with E-state index < -0.39 is 17.7 Å². The lowest BCUT2D eigenvalue weighted by Crippen LogP contribution is -2.49. The van der Waals surface area contributed by atoms with Crippen molar-refractivity contribution in [3.05, 3.63) is 29.6 Å². The number of hydrogen-bond acceptors (Lipinski definition) is 4. The van der Waals surface area contributed by atoms with E-state index >= 15 is 0 Å². The fourth-order valence-corrected chi connectivity index (χ4v) is 3.15. The van der Waals surface area contributed by atoms with Crippen molar-refractivity contribution in [3.8, 4) is 0 Å². The summed E-state index contributed by atoms with van der Waals surface area (Å²) in [6.45, 7) is 3.37. The Morgan fingerprint density at radius 3 is 3.00 bits per heavy atom. The van der Waals surface area contributed by atoms with Crippen LogP contribution in [0, 0.1) is 17.7 Å². The van der Waals surface area contributed by atoms with Gasteiger partial charge in [-0.1, -0.05) is 0 Å². The fraction of sp³-hybridized carbons (Fsp3) is 0.600. The number of halogens is 2. The Bertz CT molecular complexity index is 570. The highest BCUT2D eigenvalue weighted by molar-refractivity contribution is 5.94. The third-order valence-electron chi connectivity index (χ3n) is 4.39. The molecule has 0 aliphatic carbocycles. The van der Waals surface area contributed by atoms with Crippen LogP contribution in [0.15, 0.2) is 12.3 Å². The van der Waals surface area contributed by atoms with Crippen LogP contribution in [0.1, 0.15) is 16.8 Å². The third kappa shape index (κ3) is 3.10. The molecule has 1 aromatic rings. The number of carbonyl (C=O) groups is 1. The average molecular weight is 311 g/mol. The topological polar surface area (TPSA) is 45.7 Å². The molecule has 0 N–H and O–H groups in total. The molecular formula is C15H19F2N3O2. The number of nitrogens with zero attached hydrogens (tertiary/aromatic N) is 3. The van der Waals surface area contributed by atoms with E-state index in [1.807, 2.05) is 0 Å². The van der Waals surface area contributed by atoms with Gasteiger partial charge in [0.25, 0.3) is 5.91 Å². The lowest BCUT2D eigenvalue weighted by Gasteiger charge is -2.37. The molecule has 0 bridgehead atoms. The normalized spacial score (nSPS) is 26.4. The number of fused-ring (bicyclic) bond motifs is 1. The molecule has 1 amide bonds. The molecule has 0 radical (unpaired) electrons. The highest BCUT2D eigenvalue weighted by Crippen LogP contribution is 2.25. The minimum atomic E-state index is -0.855. The number of pyridine rings is 1. The lowest BCUT2D eigenvalue weighted by molar-refractivity contribution is -0.0172. The summed E-state index contributed by atoms with van der Waals surface area (Å²) in [5.74, 6) is -1.78. The summed E-state index contributed by atoms with van der Waals surface area (Å²) in [5.41, 5.74) is -0.267. The van der Waals surface area contributed by atoms with Gasteiger partial charge in [-0.05, 0) is 13.5 Å². The van der Waals surface area contributed by atoms with Crippen molar-refractivity contribution in [1.29, 1.82) is 0 Å². The second-order valence-electron chi connectivity index (χ2n) is 5.96. The lowest BCUT2D eigenvalue weighted by atomic mass is 9.93. The quantitative estimate of drug-likeness (QED) is 0.730. The Balaban J connectivity index is 1.74. The summed E-state index contributed by atoms with van der Waals surface area (Å²) in [5, 5.41) is 0. The average Bonchev–Trinajstić information content (AvgIpc) is 2.68. The molecule has 0 saturated carbocycles. The number of ether oxygens (including phenoxy) is 1. The van der Waals surface area contributed by atoms with Crippen LogP contribution in [0.5, 0.6) is 0 Å². The highest BCUT2D eigenvalue weighted by Gasteiger charge is 2.35. The second kappa shape index (κ2) is 6.26. The molecule has 3 heterocycles. The first-order valence-corrected chi connectivity index (χ1v) is 7.45. The van der Waals surface area contributed by atoms with Gasteiger partial charge in [0.2, 0.25) is 5.95 Å². The van der Waals surface area contributed by atoms with Gasteiger partial charge in [-0.2, -0.15) is 4.39 Å². The van der Waals surface area contributed by atoms with Crippen molar-refractivity contribution >= 4 is 5.91 Å². The van der Waals surface area contributed by atoms with Crippen molar-refractivity contribution in [2.45, 2.75) is 12.5 Å². The number of hydrogen-bond donors (Lipinski definition) is 0. The molecule has 2 fully saturated rings. The smallest absolute Gasteiger partial charge is 0.257 e. The van der Waals surface area contributed by atoms with Gasteiger partial charge in [0.05, 0.1) is 24.5 Å². The molecule has 1 aromatic heterocycles. The summed E-state index contributed by atoms with van der Waals surface area (Å²) < 4.78 is 32.7. The first-order valence-electron chi connectivity index (χ1n) is 7.45. The third-order valence-corrected chi connectivity index (χ3v) is 4.39. The number of aromatic nitrogens is 1. The van der Waals surface area contributed by atoms with Gasteiger partial charge >= 0.3 is 0 Å². The Morgan fingerprint density at radius 2 is 2.18 bits per heavy atom. The monoisotopic (exact) mass is 311 g/mol. The van der Waals surface area contributed by atoms with Crippen LogP contribution in [-0.4, -0.2) is 66.6 Å². The molecule has 0 spiro atoms. The Kier molecular flexibility index (Phi) is 4.35. The SMILES string of the molecule is CN1CCOC2CN(C(=O)c3cc(F)ncc3F)CCC2C1. The van der Waals surface area contributed by atoms with Crippen molar-refractivity contribution in [1.82, 2.24) is 14.8 Å². The molecule has 2 saturated heterocycles. The highest BCUT2D eigenvalue weighted by atomic mass is 19.1. The molecule has 3 rings (SSSR count). The van der Waals surface area contributed by atoms with E-state index in [9.17, 15) is 13.6 Å². The minimum Gasteiger partial charge on any atom is -0.375 e. The van der Waals surface area contributed by atoms with Gasteiger partial charge in [0.1, 0.15) is 0 Å². The molecule has 120 valence electrons. The van der Waals surface area contributed by atoms with Crippen LogP contribution in [0.25, 0.3) is 0 Å². The standard InChI is InChI=1S/C15H19F2N3O2/c1-19-4-5-22-13-9-20(3-2-10(13)8-19)15(21)11-6-14(17)18-7-12(11)16/h6-7,10,13H,2-5,8-9H2,1H3. The molecule has 2 unspecified atom stereocenters. The number of amides is 1. The molecular weight excluding hydrogens is 292 g/mol. The fourth-order valence-electron chi connectivity index (χ4n) is 3.15. The van der Waals surface area contributed by atoms with Crippen LogP contribution in [-0.2, 0) is 4.74 Å². The van der Waals surface area contributed by atoms with E-state index in [2.05, 4.69) is 16.9 Å². The number of piperidine rings is 1. The van der Waals surface area contributed by atoms with Crippen LogP contribution >= 0.6 is 0 Å². The zero-order valence-electron chi connectivity index (χ0n) is 12.5. The summed E-state index contributed by atoms with van der Waals surface area (Å²) in [6, 6.07) is 0.853. The molecule has 2 aliphatic heterocycles. The van der Waals surface area contributed by atoms with Gasteiger partial charge in [-0.25, -0.2) is 9.37 Å². The first kappa shape index (κ1) is 15.3. The van der Waals surface area contributed by atoms with Gasteiger partial charge in [-0.15, -0.1) is 0 Å². The summed E-state index contributed by atoms with van der Waals surface area (Å²) in [7, 11) is 2.05. The van der Waals surface area contributed by atoms with Crippen LogP contribution < -0.4 is 0 Å². The first-order chi connectivity index (χ1) is 10.5. The zero-order chi connectivity index (χ0) is 15.7. The molecule has 7 heteroatoms. The largest absolute Gasteiger partial charge is 0.375 e. The predicted octanol–water partition coefficient (Wildman–Crippen LogP) is 1.15. The Labute approximate surface area is 127 Å². The van der Waals surface area contributed by atoms with Crippen molar-refractivity contribution in [2.75, 3.05) is 39.8 Å². The predicted molar refractivity (Wildman–Crippen MR) is 75.4 cm³/mol. The van der Waals surface area contributed by atoms with Crippen molar-refractivity contribution < 1.29 is 18.3 Å². The summed E-state index contributed by atoms with van der Waals surface area (Å²) in [6.07, 6.45) is 1.50. The molecule has 2 aliphatic rings. The zero-order valence-corrected chi connectivity index (χ0v) is 12.5. The van der Waals surface area contributed by atoms with Crippen molar-refractivity contribution in [2.24, 2.45) is 5.92 Å². The number of rotatable bonds is 1. The number of likely N-dealkylation sites (N-methyl/N-ethyl adjacent to an activating group) is 1. The van der Waals surface area contributed by atoms with E-state index in [0.717, 1.165) is 31.8 Å². The summed E-state index contributed by atoms with van der Waals surface area (Å²) in [4.78, 5) is 19.4. The number of carbonyl (C=O) groups excluding carboxylic acids is 1. The van der Waals surface area contributed by atoms with E-state index in [4.69, 9.17) is 4.74 Å². The van der Waals surface area contributed by atoms with E-state index in [-0.39, 0.29) is 11.7 Å². The maximum absolute atomic E-state index is 13.7. The second-order valence-corrected chi connectivity index (χ2v) is 5.96. The van der Waals surface area contributed by atoms with Crippen LogP contribution in [0.2, 0.25) is 0 Å². The molecule has 0 aromatic carbocycles. The van der Waals surface area contributed by atoms with Gasteiger partial charge in [-0.3, -0.25) is 4.79 Å². The van der Waals surface area contributed by atoms with E-state index in [0.29, 0.717) is 25.6 Å². The summed E-state index contributed by atoms with van der Waals surface area (Å²) >= 11 is 0. The van der Waals surface area contributed by atoms with Crippen molar-refractivity contribution in [3.63, 3.8) is 0 Å².